The van der Waals surface area contributed by atoms with Crippen molar-refractivity contribution in [3.8, 4) is 17.6 Å². The van der Waals surface area contributed by atoms with Crippen LogP contribution in [-0.4, -0.2) is 6.54 Å². The van der Waals surface area contributed by atoms with Crippen LogP contribution in [0.25, 0.3) is 0 Å². The predicted molar refractivity (Wildman–Crippen MR) is 78.2 cm³/mol. The number of ether oxygens (including phenoxy) is 1. The first-order valence-electron chi connectivity index (χ1n) is 5.94. The zero-order valence-corrected chi connectivity index (χ0v) is 11.2. The van der Waals surface area contributed by atoms with E-state index in [1.54, 1.807) is 12.1 Å². The molecule has 2 aromatic rings. The average Bonchev–Trinajstić information content (AvgIpc) is 2.45. The van der Waals surface area contributed by atoms with Gasteiger partial charge in [-0.2, -0.15) is 0 Å². The minimum absolute atomic E-state index is 0.367. The normalized spacial score (nSPS) is 9.58. The number of nitrogens with two attached hydrogens (primary N) is 1. The molecule has 0 saturated carbocycles. The van der Waals surface area contributed by atoms with E-state index in [0.717, 1.165) is 16.9 Å². The van der Waals surface area contributed by atoms with Gasteiger partial charge in [-0.3, -0.25) is 0 Å². The molecule has 19 heavy (non-hydrogen) atoms. The summed E-state index contributed by atoms with van der Waals surface area (Å²) in [6.07, 6.45) is 0. The second-order valence-corrected chi connectivity index (χ2v) is 4.39. The summed E-state index contributed by atoms with van der Waals surface area (Å²) in [7, 11) is 0. The number of halogens is 1. The molecule has 0 saturated heterocycles. The van der Waals surface area contributed by atoms with Gasteiger partial charge in [0.1, 0.15) is 12.4 Å². The van der Waals surface area contributed by atoms with Gasteiger partial charge < -0.3 is 10.5 Å². The highest BCUT2D eigenvalue weighted by Crippen LogP contribution is 2.17. The molecule has 2 aromatic carbocycles. The Bertz CT molecular complexity index is 596. The lowest BCUT2D eigenvalue weighted by Crippen LogP contribution is -1.96. The van der Waals surface area contributed by atoms with Crippen LogP contribution in [0.4, 0.5) is 0 Å². The highest BCUT2D eigenvalue weighted by molar-refractivity contribution is 6.30. The first kappa shape index (κ1) is 13.5. The van der Waals surface area contributed by atoms with Crippen molar-refractivity contribution < 1.29 is 4.74 Å². The van der Waals surface area contributed by atoms with Gasteiger partial charge in [-0.15, -0.1) is 0 Å². The molecule has 2 nitrogen and oxygen atoms in total. The van der Waals surface area contributed by atoms with Gasteiger partial charge in [0.25, 0.3) is 0 Å². The Labute approximate surface area is 118 Å². The molecule has 0 aliphatic rings. The summed E-state index contributed by atoms with van der Waals surface area (Å²) in [5.74, 6) is 6.63. The molecule has 2 rings (SSSR count). The molecule has 0 radical (unpaired) electrons. The van der Waals surface area contributed by atoms with Crippen LogP contribution in [0.1, 0.15) is 11.1 Å². The lowest BCUT2D eigenvalue weighted by atomic mass is 10.1. The summed E-state index contributed by atoms with van der Waals surface area (Å²) in [4.78, 5) is 0. The second-order valence-electron chi connectivity index (χ2n) is 3.95. The standard InChI is InChI=1S/C16H14ClNO/c17-15-6-8-16(9-7-15)19-12-14-4-1-3-13(11-14)5-2-10-18/h1,3-4,6-9,11H,10,12,18H2. The molecule has 0 spiro atoms. The predicted octanol–water partition coefficient (Wildman–Crippen LogP) is 3.23. The molecule has 0 aromatic heterocycles. The molecule has 3 heteroatoms. The zero-order chi connectivity index (χ0) is 13.5. The van der Waals surface area contributed by atoms with Crippen LogP contribution < -0.4 is 10.5 Å². The summed E-state index contributed by atoms with van der Waals surface area (Å²) < 4.78 is 5.67. The van der Waals surface area contributed by atoms with Gasteiger partial charge in [-0.25, -0.2) is 0 Å². The summed E-state index contributed by atoms with van der Waals surface area (Å²) in [6.45, 7) is 0.866. The van der Waals surface area contributed by atoms with Crippen LogP contribution in [0.3, 0.4) is 0 Å². The Hall–Kier alpha value is -1.95. The van der Waals surface area contributed by atoms with E-state index < -0.39 is 0 Å². The third kappa shape index (κ3) is 4.33. The van der Waals surface area contributed by atoms with Crippen molar-refractivity contribution in [2.45, 2.75) is 6.61 Å². The first-order chi connectivity index (χ1) is 9.28. The SMILES string of the molecule is NCC#Cc1cccc(COc2ccc(Cl)cc2)c1. The monoisotopic (exact) mass is 271 g/mol. The third-order valence-corrected chi connectivity index (χ3v) is 2.73. The van der Waals surface area contributed by atoms with Crippen molar-refractivity contribution in [1.82, 2.24) is 0 Å². The van der Waals surface area contributed by atoms with Crippen molar-refractivity contribution >= 4 is 11.6 Å². The van der Waals surface area contributed by atoms with Gasteiger partial charge in [0.05, 0.1) is 6.54 Å². The molecule has 0 aliphatic heterocycles. The number of rotatable bonds is 3. The van der Waals surface area contributed by atoms with Gasteiger partial charge >= 0.3 is 0 Å². The van der Waals surface area contributed by atoms with Gasteiger partial charge in [0.15, 0.2) is 0 Å². The fraction of sp³-hybridized carbons (Fsp3) is 0.125. The Morgan fingerprint density at radius 3 is 2.63 bits per heavy atom. The number of hydrogen-bond acceptors (Lipinski definition) is 2. The van der Waals surface area contributed by atoms with E-state index in [9.17, 15) is 0 Å². The third-order valence-electron chi connectivity index (χ3n) is 2.48. The van der Waals surface area contributed by atoms with Gasteiger partial charge in [0, 0.05) is 10.6 Å². The molecule has 0 amide bonds. The first-order valence-corrected chi connectivity index (χ1v) is 6.32. The molecule has 0 aliphatic carbocycles. The van der Waals surface area contributed by atoms with Crippen molar-refractivity contribution in [1.29, 1.82) is 0 Å². The summed E-state index contributed by atoms with van der Waals surface area (Å²) >= 11 is 5.82. The van der Waals surface area contributed by atoms with Crippen molar-refractivity contribution in [2.24, 2.45) is 5.73 Å². The van der Waals surface area contributed by atoms with Crippen LogP contribution in [0.15, 0.2) is 48.5 Å². The van der Waals surface area contributed by atoms with Gasteiger partial charge in [-0.05, 0) is 42.0 Å². The van der Waals surface area contributed by atoms with Crippen LogP contribution >= 0.6 is 11.6 Å². The molecule has 0 atom stereocenters. The van der Waals surface area contributed by atoms with Gasteiger partial charge in [-0.1, -0.05) is 35.6 Å². The topological polar surface area (TPSA) is 35.2 Å². The molecule has 0 unspecified atom stereocenters. The van der Waals surface area contributed by atoms with E-state index in [1.807, 2.05) is 36.4 Å². The largest absolute Gasteiger partial charge is 0.489 e. The van der Waals surface area contributed by atoms with E-state index in [0.29, 0.717) is 18.2 Å². The molecule has 96 valence electrons. The van der Waals surface area contributed by atoms with E-state index >= 15 is 0 Å². The smallest absolute Gasteiger partial charge is 0.119 e. The van der Waals surface area contributed by atoms with E-state index in [2.05, 4.69) is 11.8 Å². The number of benzene rings is 2. The maximum absolute atomic E-state index is 5.82. The highest BCUT2D eigenvalue weighted by Gasteiger charge is 1.97. The van der Waals surface area contributed by atoms with Crippen LogP contribution in [-0.2, 0) is 6.61 Å². The molecular weight excluding hydrogens is 258 g/mol. The molecule has 2 N–H and O–H groups in total. The zero-order valence-electron chi connectivity index (χ0n) is 10.4. The maximum Gasteiger partial charge on any atom is 0.119 e. The van der Waals surface area contributed by atoms with E-state index in [-0.39, 0.29) is 0 Å². The molecule has 0 heterocycles. The lowest BCUT2D eigenvalue weighted by molar-refractivity contribution is 0.306. The summed E-state index contributed by atoms with van der Waals surface area (Å²) in [6, 6.07) is 15.2. The van der Waals surface area contributed by atoms with Crippen molar-refractivity contribution in [2.75, 3.05) is 6.54 Å². The Balaban J connectivity index is 2.01. The second kappa shape index (κ2) is 6.84. The minimum Gasteiger partial charge on any atom is -0.489 e. The van der Waals surface area contributed by atoms with Crippen LogP contribution in [0, 0.1) is 11.8 Å². The maximum atomic E-state index is 5.82. The Morgan fingerprint density at radius 2 is 1.89 bits per heavy atom. The van der Waals surface area contributed by atoms with E-state index in [1.165, 1.54) is 0 Å². The van der Waals surface area contributed by atoms with Crippen LogP contribution in [0.5, 0.6) is 5.75 Å². The van der Waals surface area contributed by atoms with Crippen molar-refractivity contribution in [3.63, 3.8) is 0 Å². The fourth-order valence-electron chi connectivity index (χ4n) is 1.59. The van der Waals surface area contributed by atoms with E-state index in [4.69, 9.17) is 22.1 Å². The molecule has 0 fully saturated rings. The molecule has 0 bridgehead atoms. The Morgan fingerprint density at radius 1 is 1.11 bits per heavy atom. The Kier molecular flexibility index (Phi) is 4.85. The fourth-order valence-corrected chi connectivity index (χ4v) is 1.72. The highest BCUT2D eigenvalue weighted by atomic mass is 35.5. The van der Waals surface area contributed by atoms with Crippen LogP contribution in [0.2, 0.25) is 5.02 Å². The minimum atomic E-state index is 0.367. The van der Waals surface area contributed by atoms with Crippen molar-refractivity contribution in [3.05, 3.63) is 64.7 Å². The average molecular weight is 272 g/mol. The summed E-state index contributed by atoms with van der Waals surface area (Å²) in [5.41, 5.74) is 7.37. The van der Waals surface area contributed by atoms with Gasteiger partial charge in [0.2, 0.25) is 0 Å². The molecular formula is C16H14ClNO. The number of hydrogen-bond donors (Lipinski definition) is 1. The lowest BCUT2D eigenvalue weighted by Gasteiger charge is -2.06. The quantitative estimate of drug-likeness (QED) is 0.870. The summed E-state index contributed by atoms with van der Waals surface area (Å²) in [5, 5.41) is 0.700.